The van der Waals surface area contributed by atoms with Crippen LogP contribution in [0.15, 0.2) is 11.2 Å². The molecule has 0 radical (unpaired) electrons. The summed E-state index contributed by atoms with van der Waals surface area (Å²) in [5.41, 5.74) is 6.07. The van der Waals surface area contributed by atoms with Gasteiger partial charge < -0.3 is 5.73 Å². The van der Waals surface area contributed by atoms with Crippen LogP contribution in [0.3, 0.4) is 0 Å². The van der Waals surface area contributed by atoms with Gasteiger partial charge in [-0.25, -0.2) is 8.42 Å². The molecule has 0 aliphatic rings. The third kappa shape index (κ3) is 3.55. The number of hydrogen-bond acceptors (Lipinski definition) is 4. The van der Waals surface area contributed by atoms with Gasteiger partial charge in [-0.1, -0.05) is 33.6 Å². The molecule has 3 N–H and O–H groups in total. The maximum absolute atomic E-state index is 12.6. The van der Waals surface area contributed by atoms with Crippen molar-refractivity contribution >= 4 is 10.0 Å². The lowest BCUT2D eigenvalue weighted by Crippen LogP contribution is -2.35. The topological polar surface area (TPSA) is 92.1 Å². The molecule has 6 nitrogen and oxygen atoms in total. The van der Waals surface area contributed by atoms with Crippen LogP contribution in [-0.4, -0.2) is 36.0 Å². The highest BCUT2D eigenvalue weighted by atomic mass is 32.2. The SMILES string of the molecule is CCC(CC)CN(CC)S(=O)(=O)c1[nH]ncc1CN. The summed E-state index contributed by atoms with van der Waals surface area (Å²) in [5.74, 6) is 0.374. The normalized spacial score (nSPS) is 12.5. The molecule has 0 aromatic carbocycles. The van der Waals surface area contributed by atoms with Crippen LogP contribution in [0.4, 0.5) is 0 Å². The standard InChI is InChI=1S/C12H24N4O2S/c1-4-10(5-2)9-16(6-3)19(17,18)12-11(7-13)8-14-15-12/h8,10H,4-7,9,13H2,1-3H3,(H,14,15). The van der Waals surface area contributed by atoms with Crippen LogP contribution >= 0.6 is 0 Å². The Morgan fingerprint density at radius 2 is 2.00 bits per heavy atom. The largest absolute Gasteiger partial charge is 0.326 e. The molecule has 0 fully saturated rings. The molecular formula is C12H24N4O2S. The van der Waals surface area contributed by atoms with Gasteiger partial charge in [0.05, 0.1) is 6.20 Å². The molecule has 1 aromatic rings. The molecule has 0 aliphatic carbocycles. The number of hydrogen-bond donors (Lipinski definition) is 2. The summed E-state index contributed by atoms with van der Waals surface area (Å²) < 4.78 is 26.6. The van der Waals surface area contributed by atoms with Crippen LogP contribution in [0.5, 0.6) is 0 Å². The molecule has 1 heterocycles. The second-order valence-corrected chi connectivity index (χ2v) is 6.44. The van der Waals surface area contributed by atoms with E-state index in [2.05, 4.69) is 24.0 Å². The summed E-state index contributed by atoms with van der Waals surface area (Å²) in [6.07, 6.45) is 3.41. The summed E-state index contributed by atoms with van der Waals surface area (Å²) in [6, 6.07) is 0. The second kappa shape index (κ2) is 7.02. The average molecular weight is 288 g/mol. The number of nitrogens with one attached hydrogen (secondary N) is 1. The van der Waals surface area contributed by atoms with Crippen molar-refractivity contribution in [3.05, 3.63) is 11.8 Å². The van der Waals surface area contributed by atoms with Gasteiger partial charge in [-0.05, 0) is 5.92 Å². The lowest BCUT2D eigenvalue weighted by molar-refractivity contribution is 0.338. The fraction of sp³-hybridized carbons (Fsp3) is 0.750. The molecule has 0 saturated carbocycles. The van der Waals surface area contributed by atoms with E-state index < -0.39 is 10.0 Å². The Kier molecular flexibility index (Phi) is 5.96. The van der Waals surface area contributed by atoms with E-state index in [1.54, 1.807) is 0 Å². The molecular weight excluding hydrogens is 264 g/mol. The van der Waals surface area contributed by atoms with Crippen LogP contribution in [0.25, 0.3) is 0 Å². The van der Waals surface area contributed by atoms with Crippen molar-refractivity contribution in [1.29, 1.82) is 0 Å². The van der Waals surface area contributed by atoms with E-state index in [1.165, 1.54) is 10.5 Å². The van der Waals surface area contributed by atoms with Crippen LogP contribution in [0, 0.1) is 5.92 Å². The number of H-pyrrole nitrogens is 1. The summed E-state index contributed by atoms with van der Waals surface area (Å²) in [7, 11) is -3.53. The molecule has 0 aliphatic heterocycles. The van der Waals surface area contributed by atoms with Crippen molar-refractivity contribution in [2.45, 2.75) is 45.2 Å². The van der Waals surface area contributed by atoms with Gasteiger partial charge in [-0.2, -0.15) is 9.40 Å². The molecule has 1 aromatic heterocycles. The molecule has 0 saturated heterocycles. The van der Waals surface area contributed by atoms with Gasteiger partial charge in [-0.15, -0.1) is 0 Å². The maximum atomic E-state index is 12.6. The van der Waals surface area contributed by atoms with Gasteiger partial charge >= 0.3 is 0 Å². The fourth-order valence-electron chi connectivity index (χ4n) is 2.03. The number of aromatic amines is 1. The first-order valence-electron chi connectivity index (χ1n) is 6.73. The van der Waals surface area contributed by atoms with Crippen molar-refractivity contribution in [2.75, 3.05) is 13.1 Å². The molecule has 1 rings (SSSR count). The molecule has 0 atom stereocenters. The smallest absolute Gasteiger partial charge is 0.260 e. The lowest BCUT2D eigenvalue weighted by atomic mass is 10.0. The van der Waals surface area contributed by atoms with Crippen molar-refractivity contribution < 1.29 is 8.42 Å². The molecule has 7 heteroatoms. The fourth-order valence-corrected chi connectivity index (χ4v) is 3.67. The monoisotopic (exact) mass is 288 g/mol. The highest BCUT2D eigenvalue weighted by Crippen LogP contribution is 2.20. The molecule has 0 bridgehead atoms. The maximum Gasteiger partial charge on any atom is 0.260 e. The zero-order chi connectivity index (χ0) is 14.5. The zero-order valence-electron chi connectivity index (χ0n) is 11.9. The van der Waals surface area contributed by atoms with Crippen molar-refractivity contribution in [3.63, 3.8) is 0 Å². The predicted molar refractivity (Wildman–Crippen MR) is 75.0 cm³/mol. The first-order valence-corrected chi connectivity index (χ1v) is 8.17. The van der Waals surface area contributed by atoms with Gasteiger partial charge in [-0.3, -0.25) is 5.10 Å². The van der Waals surface area contributed by atoms with Gasteiger partial charge in [0.15, 0.2) is 5.03 Å². The van der Waals surface area contributed by atoms with Gasteiger partial charge in [0, 0.05) is 25.2 Å². The minimum absolute atomic E-state index is 0.128. The average Bonchev–Trinajstić information content (AvgIpc) is 2.89. The molecule has 0 amide bonds. The minimum Gasteiger partial charge on any atom is -0.326 e. The van der Waals surface area contributed by atoms with Gasteiger partial charge in [0.2, 0.25) is 0 Å². The molecule has 0 unspecified atom stereocenters. The Balaban J connectivity index is 3.02. The van der Waals surface area contributed by atoms with Crippen molar-refractivity contribution in [3.8, 4) is 0 Å². The van der Waals surface area contributed by atoms with Crippen molar-refractivity contribution in [2.24, 2.45) is 11.7 Å². The summed E-state index contributed by atoms with van der Waals surface area (Å²) in [4.78, 5) is 0. The predicted octanol–water partition coefficient (Wildman–Crippen LogP) is 1.32. The third-order valence-electron chi connectivity index (χ3n) is 3.47. The van der Waals surface area contributed by atoms with E-state index >= 15 is 0 Å². The van der Waals surface area contributed by atoms with Crippen LogP contribution in [0.1, 0.15) is 39.2 Å². The van der Waals surface area contributed by atoms with Crippen molar-refractivity contribution in [1.82, 2.24) is 14.5 Å². The summed E-state index contributed by atoms with van der Waals surface area (Å²) in [5, 5.41) is 6.47. The van der Waals surface area contributed by atoms with E-state index in [0.29, 0.717) is 24.6 Å². The van der Waals surface area contributed by atoms with Crippen LogP contribution in [0.2, 0.25) is 0 Å². The second-order valence-electron chi connectivity index (χ2n) is 4.57. The minimum atomic E-state index is -3.53. The van der Waals surface area contributed by atoms with E-state index in [1.807, 2.05) is 6.92 Å². The Labute approximate surface area is 115 Å². The first kappa shape index (κ1) is 16.1. The molecule has 110 valence electrons. The third-order valence-corrected chi connectivity index (χ3v) is 5.42. The van der Waals surface area contributed by atoms with E-state index in [0.717, 1.165) is 12.8 Å². The Morgan fingerprint density at radius 3 is 2.47 bits per heavy atom. The highest BCUT2D eigenvalue weighted by molar-refractivity contribution is 7.89. The Hall–Kier alpha value is -0.920. The molecule has 19 heavy (non-hydrogen) atoms. The first-order chi connectivity index (χ1) is 9.01. The number of nitrogens with zero attached hydrogens (tertiary/aromatic N) is 2. The lowest BCUT2D eigenvalue weighted by Gasteiger charge is -2.24. The zero-order valence-corrected chi connectivity index (χ0v) is 12.7. The number of rotatable bonds is 8. The number of sulfonamides is 1. The quantitative estimate of drug-likeness (QED) is 0.754. The van der Waals surface area contributed by atoms with E-state index in [9.17, 15) is 8.42 Å². The van der Waals surface area contributed by atoms with Crippen LogP contribution < -0.4 is 5.73 Å². The Morgan fingerprint density at radius 1 is 1.37 bits per heavy atom. The highest BCUT2D eigenvalue weighted by Gasteiger charge is 2.28. The van der Waals surface area contributed by atoms with E-state index in [-0.39, 0.29) is 11.6 Å². The van der Waals surface area contributed by atoms with Gasteiger partial charge in [0.25, 0.3) is 10.0 Å². The number of aromatic nitrogens is 2. The van der Waals surface area contributed by atoms with Gasteiger partial charge in [0.1, 0.15) is 0 Å². The Bertz CT molecular complexity index is 480. The van der Waals surface area contributed by atoms with Crippen LogP contribution in [-0.2, 0) is 16.6 Å². The summed E-state index contributed by atoms with van der Waals surface area (Å²) in [6.45, 7) is 7.15. The van der Waals surface area contributed by atoms with E-state index in [4.69, 9.17) is 5.73 Å². The number of nitrogens with two attached hydrogens (primary N) is 1. The summed E-state index contributed by atoms with van der Waals surface area (Å²) >= 11 is 0. The molecule has 0 spiro atoms.